The van der Waals surface area contributed by atoms with E-state index in [-0.39, 0.29) is 23.4 Å². The molecule has 1 aliphatic rings. The van der Waals surface area contributed by atoms with Crippen LogP contribution in [-0.2, 0) is 9.53 Å². The summed E-state index contributed by atoms with van der Waals surface area (Å²) in [6.07, 6.45) is 1.59. The first-order valence-corrected chi connectivity index (χ1v) is 12.8. The van der Waals surface area contributed by atoms with Gasteiger partial charge in [0.25, 0.3) is 11.2 Å². The maximum atomic E-state index is 13.4. The fourth-order valence-electron chi connectivity index (χ4n) is 4.33. The summed E-state index contributed by atoms with van der Waals surface area (Å²) in [4.78, 5) is 42.3. The molecule has 0 aliphatic carbocycles. The quantitative estimate of drug-likeness (QED) is 0.195. The van der Waals surface area contributed by atoms with E-state index < -0.39 is 16.9 Å². The number of carbonyl (C=O) groups excluding carboxylic acids is 1. The Hall–Kier alpha value is -4.77. The van der Waals surface area contributed by atoms with Crippen LogP contribution in [0, 0.1) is 10.1 Å². The van der Waals surface area contributed by atoms with E-state index in [4.69, 9.17) is 18.9 Å². The smallest absolute Gasteiger partial charge is 0.338 e. The highest BCUT2D eigenvalue weighted by Crippen LogP contribution is 2.33. The molecule has 39 heavy (non-hydrogen) atoms. The number of thiazole rings is 1. The van der Waals surface area contributed by atoms with Crippen LogP contribution in [-0.4, -0.2) is 29.2 Å². The molecule has 0 radical (unpaired) electrons. The number of hydrogen-bond donors (Lipinski definition) is 0. The molecule has 5 rings (SSSR count). The molecule has 10 nitrogen and oxygen atoms in total. The first-order valence-electron chi connectivity index (χ1n) is 12.0. The van der Waals surface area contributed by atoms with Crippen LogP contribution in [0.3, 0.4) is 0 Å². The minimum absolute atomic E-state index is 0.0497. The zero-order valence-corrected chi connectivity index (χ0v) is 22.1. The molecule has 0 bridgehead atoms. The van der Waals surface area contributed by atoms with Crippen LogP contribution in [0.25, 0.3) is 23.1 Å². The van der Waals surface area contributed by atoms with Crippen molar-refractivity contribution in [2.45, 2.75) is 19.9 Å². The summed E-state index contributed by atoms with van der Waals surface area (Å²) < 4.78 is 18.2. The van der Waals surface area contributed by atoms with E-state index >= 15 is 0 Å². The Morgan fingerprint density at radius 1 is 1.21 bits per heavy atom. The average molecular weight is 546 g/mol. The van der Waals surface area contributed by atoms with Crippen molar-refractivity contribution in [1.29, 1.82) is 0 Å². The van der Waals surface area contributed by atoms with Crippen LogP contribution in [0.2, 0.25) is 0 Å². The number of carbonyl (C=O) groups is 1. The molecule has 3 heterocycles. The average Bonchev–Trinajstić information content (AvgIpc) is 3.53. The molecular weight excluding hydrogens is 522 g/mol. The second-order valence-electron chi connectivity index (χ2n) is 8.57. The van der Waals surface area contributed by atoms with Crippen LogP contribution in [0.15, 0.2) is 80.4 Å². The van der Waals surface area contributed by atoms with E-state index in [1.807, 2.05) is 12.1 Å². The van der Waals surface area contributed by atoms with E-state index in [2.05, 4.69) is 0 Å². The molecular formula is C28H23N3O7S. The molecule has 0 saturated heterocycles. The molecule has 0 N–H and O–H groups in total. The number of non-ortho nitro benzene ring substituents is 1. The van der Waals surface area contributed by atoms with Gasteiger partial charge in [0.15, 0.2) is 4.80 Å². The molecule has 0 saturated carbocycles. The van der Waals surface area contributed by atoms with E-state index in [1.54, 1.807) is 63.4 Å². The van der Waals surface area contributed by atoms with Gasteiger partial charge in [-0.3, -0.25) is 19.5 Å². The minimum atomic E-state index is -0.662. The number of hydrogen-bond acceptors (Lipinski definition) is 9. The number of methoxy groups -OCH3 is 1. The number of aromatic nitrogens is 1. The number of allylic oxidation sites excluding steroid dienone is 1. The molecule has 2 aromatic heterocycles. The van der Waals surface area contributed by atoms with Gasteiger partial charge in [0.2, 0.25) is 0 Å². The van der Waals surface area contributed by atoms with Gasteiger partial charge in [-0.15, -0.1) is 0 Å². The van der Waals surface area contributed by atoms with Crippen LogP contribution >= 0.6 is 11.3 Å². The third kappa shape index (κ3) is 4.91. The summed E-state index contributed by atoms with van der Waals surface area (Å²) in [7, 11) is 1.57. The van der Waals surface area contributed by atoms with E-state index in [9.17, 15) is 19.7 Å². The van der Waals surface area contributed by atoms with Crippen molar-refractivity contribution in [3.8, 4) is 17.1 Å². The molecule has 0 fully saturated rings. The van der Waals surface area contributed by atoms with Gasteiger partial charge in [0, 0.05) is 29.5 Å². The topological polar surface area (TPSA) is 126 Å². The number of furan rings is 1. The first-order chi connectivity index (χ1) is 18.8. The van der Waals surface area contributed by atoms with E-state index in [0.717, 1.165) is 5.56 Å². The zero-order chi connectivity index (χ0) is 27.7. The lowest BCUT2D eigenvalue weighted by molar-refractivity contribution is -0.384. The van der Waals surface area contributed by atoms with Crippen molar-refractivity contribution in [2.24, 2.45) is 4.99 Å². The molecule has 1 unspecified atom stereocenters. The van der Waals surface area contributed by atoms with Gasteiger partial charge in [-0.25, -0.2) is 9.79 Å². The first kappa shape index (κ1) is 25.9. The SMILES string of the molecule is CCOC(=O)C1=C(C)n2c(sc(=Cc3ccc(-c4cccc([N+](=O)[O-])c4)o3)c2=O)=NC1c1ccc(OC)cc1. The Bertz CT molecular complexity index is 1800. The molecule has 0 spiro atoms. The number of benzene rings is 2. The highest BCUT2D eigenvalue weighted by atomic mass is 32.1. The zero-order valence-electron chi connectivity index (χ0n) is 21.2. The van der Waals surface area contributed by atoms with Crippen molar-refractivity contribution in [3.05, 3.63) is 107 Å². The third-order valence-corrected chi connectivity index (χ3v) is 7.20. The number of nitro groups is 1. The minimum Gasteiger partial charge on any atom is -0.497 e. The van der Waals surface area contributed by atoms with Crippen LogP contribution in [0.1, 0.15) is 31.2 Å². The fourth-order valence-corrected chi connectivity index (χ4v) is 5.35. The van der Waals surface area contributed by atoms with E-state index in [0.29, 0.717) is 37.9 Å². The molecule has 0 amide bonds. The summed E-state index contributed by atoms with van der Waals surface area (Å²) in [5.74, 6) is 0.949. The highest BCUT2D eigenvalue weighted by Gasteiger charge is 2.31. The number of rotatable bonds is 7. The largest absolute Gasteiger partial charge is 0.497 e. The molecule has 198 valence electrons. The highest BCUT2D eigenvalue weighted by molar-refractivity contribution is 7.07. The van der Waals surface area contributed by atoms with Gasteiger partial charge in [-0.2, -0.15) is 0 Å². The summed E-state index contributed by atoms with van der Waals surface area (Å²) in [6, 6.07) is 16.0. The Kier molecular flexibility index (Phi) is 6.99. The Morgan fingerprint density at radius 2 is 1.97 bits per heavy atom. The van der Waals surface area contributed by atoms with Crippen LogP contribution in [0.4, 0.5) is 5.69 Å². The predicted octanol–water partition coefficient (Wildman–Crippen LogP) is 4.08. The van der Waals surface area contributed by atoms with Gasteiger partial charge >= 0.3 is 5.97 Å². The maximum Gasteiger partial charge on any atom is 0.338 e. The standard InChI is InChI=1S/C28H23N3O7S/c1-4-37-27(33)24-16(2)30-26(32)23(39-28(30)29-25(24)17-8-10-20(36-3)11-9-17)15-21-12-13-22(38-21)18-6-5-7-19(14-18)31(34)35/h5-15,25H,4H2,1-3H3. The summed E-state index contributed by atoms with van der Waals surface area (Å²) in [5, 5.41) is 11.1. The summed E-state index contributed by atoms with van der Waals surface area (Å²) >= 11 is 1.17. The van der Waals surface area contributed by atoms with Gasteiger partial charge in [-0.1, -0.05) is 35.6 Å². The van der Waals surface area contributed by atoms with Crippen LogP contribution < -0.4 is 19.6 Å². The number of esters is 1. The van der Waals surface area contributed by atoms with Crippen molar-refractivity contribution in [1.82, 2.24) is 4.57 Å². The van der Waals surface area contributed by atoms with Gasteiger partial charge in [0.1, 0.15) is 27.8 Å². The number of ether oxygens (including phenoxy) is 2. The van der Waals surface area contributed by atoms with Gasteiger partial charge in [0.05, 0.1) is 24.2 Å². The normalized spacial score (nSPS) is 15.1. The number of nitrogens with zero attached hydrogens (tertiary/aromatic N) is 3. The monoisotopic (exact) mass is 545 g/mol. The van der Waals surface area contributed by atoms with Crippen molar-refractivity contribution >= 4 is 34.8 Å². The van der Waals surface area contributed by atoms with Gasteiger partial charge < -0.3 is 13.9 Å². The number of fused-ring (bicyclic) bond motifs is 1. The third-order valence-electron chi connectivity index (χ3n) is 6.21. The molecule has 4 aromatic rings. The molecule has 11 heteroatoms. The van der Waals surface area contributed by atoms with Crippen LogP contribution in [0.5, 0.6) is 5.75 Å². The summed E-state index contributed by atoms with van der Waals surface area (Å²) in [6.45, 7) is 3.60. The summed E-state index contributed by atoms with van der Waals surface area (Å²) in [5.41, 5.74) is 1.62. The van der Waals surface area contributed by atoms with Crippen molar-refractivity contribution < 1.29 is 23.6 Å². The molecule has 1 aliphatic heterocycles. The van der Waals surface area contributed by atoms with Crippen molar-refractivity contribution in [2.75, 3.05) is 13.7 Å². The maximum absolute atomic E-state index is 13.4. The lowest BCUT2D eigenvalue weighted by Crippen LogP contribution is -2.35. The Morgan fingerprint density at radius 3 is 2.67 bits per heavy atom. The Balaban J connectivity index is 1.60. The lowest BCUT2D eigenvalue weighted by Gasteiger charge is -2.22. The molecule has 2 aromatic carbocycles. The van der Waals surface area contributed by atoms with Gasteiger partial charge in [-0.05, 0) is 43.7 Å². The predicted molar refractivity (Wildman–Crippen MR) is 145 cm³/mol. The second-order valence-corrected chi connectivity index (χ2v) is 9.58. The molecule has 1 atom stereocenters. The lowest BCUT2D eigenvalue weighted by atomic mass is 9.96. The van der Waals surface area contributed by atoms with Crippen molar-refractivity contribution in [3.63, 3.8) is 0 Å². The van der Waals surface area contributed by atoms with E-state index in [1.165, 1.54) is 28.0 Å². The second kappa shape index (κ2) is 10.5. The Labute approximate surface area is 225 Å². The fraction of sp³-hybridized carbons (Fsp3) is 0.179. The number of nitro benzene ring substituents is 1.